The number of fused-ring (bicyclic) bond motifs is 1. The molecule has 1 aliphatic heterocycles. The van der Waals surface area contributed by atoms with Crippen molar-refractivity contribution in [3.63, 3.8) is 0 Å². The highest BCUT2D eigenvalue weighted by molar-refractivity contribution is 7.89. The number of carbonyl (C=O) groups excluding carboxylic acids is 1. The SMILES string of the molecule is C[C@H](NC(=O)CN1CCc2cc(S(N)(=O)=O)ccc21)c1cccc(Cl)c1. The number of sulfonamides is 1. The average Bonchev–Trinajstić information content (AvgIpc) is 2.96. The van der Waals surface area contributed by atoms with Crippen molar-refractivity contribution in [2.45, 2.75) is 24.3 Å². The quantitative estimate of drug-likeness (QED) is 0.814. The number of carbonyl (C=O) groups is 1. The average molecular weight is 394 g/mol. The van der Waals surface area contributed by atoms with Gasteiger partial charge in [0.25, 0.3) is 0 Å². The predicted octanol–water partition coefficient (Wildman–Crippen LogP) is 2.23. The van der Waals surface area contributed by atoms with Gasteiger partial charge in [-0.05, 0) is 54.8 Å². The Kier molecular flexibility index (Phi) is 5.22. The summed E-state index contributed by atoms with van der Waals surface area (Å²) in [6.07, 6.45) is 0.676. The van der Waals surface area contributed by atoms with Crippen molar-refractivity contribution >= 4 is 33.2 Å². The molecular weight excluding hydrogens is 374 g/mol. The van der Waals surface area contributed by atoms with E-state index in [-0.39, 0.29) is 23.4 Å². The van der Waals surface area contributed by atoms with Crippen molar-refractivity contribution in [1.29, 1.82) is 0 Å². The van der Waals surface area contributed by atoms with Crippen LogP contribution in [0.2, 0.25) is 5.02 Å². The van der Waals surface area contributed by atoms with Gasteiger partial charge in [0.05, 0.1) is 17.5 Å². The molecule has 0 spiro atoms. The van der Waals surface area contributed by atoms with Crippen LogP contribution in [0.4, 0.5) is 5.69 Å². The Morgan fingerprint density at radius 1 is 1.31 bits per heavy atom. The second-order valence-corrected chi connectivity index (χ2v) is 8.35. The zero-order valence-corrected chi connectivity index (χ0v) is 15.8. The highest BCUT2D eigenvalue weighted by atomic mass is 35.5. The third-order valence-corrected chi connectivity index (χ3v) is 5.58. The molecule has 3 N–H and O–H groups in total. The first kappa shape index (κ1) is 18.7. The van der Waals surface area contributed by atoms with E-state index in [1.807, 2.05) is 30.0 Å². The lowest BCUT2D eigenvalue weighted by molar-refractivity contribution is -0.120. The molecule has 0 unspecified atom stereocenters. The van der Waals surface area contributed by atoms with Crippen LogP contribution in [0.25, 0.3) is 0 Å². The molecule has 3 rings (SSSR count). The summed E-state index contributed by atoms with van der Waals surface area (Å²) in [6, 6.07) is 12.0. The number of rotatable bonds is 5. The first-order valence-corrected chi connectivity index (χ1v) is 10.1. The molecule has 2 aromatic carbocycles. The summed E-state index contributed by atoms with van der Waals surface area (Å²) in [6.45, 7) is 2.76. The molecule has 1 aliphatic rings. The van der Waals surface area contributed by atoms with Gasteiger partial charge in [-0.2, -0.15) is 0 Å². The maximum absolute atomic E-state index is 12.4. The lowest BCUT2D eigenvalue weighted by Crippen LogP contribution is -2.37. The van der Waals surface area contributed by atoms with Crippen LogP contribution >= 0.6 is 11.6 Å². The third kappa shape index (κ3) is 4.17. The van der Waals surface area contributed by atoms with E-state index in [2.05, 4.69) is 5.32 Å². The van der Waals surface area contributed by atoms with Crippen LogP contribution in [0.15, 0.2) is 47.4 Å². The molecule has 1 heterocycles. The summed E-state index contributed by atoms with van der Waals surface area (Å²) in [5.41, 5.74) is 2.68. The molecule has 1 amide bonds. The molecule has 0 fully saturated rings. The molecule has 6 nitrogen and oxygen atoms in total. The van der Waals surface area contributed by atoms with E-state index in [4.69, 9.17) is 16.7 Å². The molecular formula is C18H20ClN3O3S. The minimum Gasteiger partial charge on any atom is -0.362 e. The van der Waals surface area contributed by atoms with Crippen LogP contribution in [0, 0.1) is 0 Å². The number of primary sulfonamides is 1. The molecule has 0 aromatic heterocycles. The van der Waals surface area contributed by atoms with Gasteiger partial charge in [-0.1, -0.05) is 23.7 Å². The maximum Gasteiger partial charge on any atom is 0.239 e. The van der Waals surface area contributed by atoms with Crippen LogP contribution in [-0.4, -0.2) is 27.4 Å². The van der Waals surface area contributed by atoms with Crippen molar-refractivity contribution in [2.24, 2.45) is 5.14 Å². The highest BCUT2D eigenvalue weighted by Crippen LogP contribution is 2.29. The Balaban J connectivity index is 1.67. The molecule has 1 atom stereocenters. The molecule has 0 radical (unpaired) electrons. The Labute approximate surface area is 158 Å². The van der Waals surface area contributed by atoms with Crippen molar-refractivity contribution in [3.05, 3.63) is 58.6 Å². The Morgan fingerprint density at radius 2 is 2.08 bits per heavy atom. The van der Waals surface area contributed by atoms with Gasteiger partial charge in [0.2, 0.25) is 15.9 Å². The van der Waals surface area contributed by atoms with E-state index >= 15 is 0 Å². The molecule has 0 aliphatic carbocycles. The number of anilines is 1. The number of amides is 1. The Morgan fingerprint density at radius 3 is 2.77 bits per heavy atom. The van der Waals surface area contributed by atoms with Gasteiger partial charge in [0.15, 0.2) is 0 Å². The standard InChI is InChI=1S/C18H20ClN3O3S/c1-12(13-3-2-4-15(19)9-13)21-18(23)11-22-8-7-14-10-16(26(20,24)25)5-6-17(14)22/h2-6,9-10,12H,7-8,11H2,1H3,(H,21,23)(H2,20,24,25)/t12-/m0/s1. The fraction of sp³-hybridized carbons (Fsp3) is 0.278. The fourth-order valence-electron chi connectivity index (χ4n) is 3.11. The third-order valence-electron chi connectivity index (χ3n) is 4.43. The molecule has 0 saturated heterocycles. The summed E-state index contributed by atoms with van der Waals surface area (Å²) in [4.78, 5) is 14.4. The highest BCUT2D eigenvalue weighted by Gasteiger charge is 2.23. The molecule has 26 heavy (non-hydrogen) atoms. The molecule has 0 bridgehead atoms. The van der Waals surface area contributed by atoms with Gasteiger partial charge in [-0.3, -0.25) is 4.79 Å². The molecule has 8 heteroatoms. The monoisotopic (exact) mass is 393 g/mol. The van der Waals surface area contributed by atoms with Gasteiger partial charge >= 0.3 is 0 Å². The number of hydrogen-bond donors (Lipinski definition) is 2. The second-order valence-electron chi connectivity index (χ2n) is 6.35. The number of nitrogens with one attached hydrogen (secondary N) is 1. The molecule has 138 valence electrons. The van der Waals surface area contributed by atoms with E-state index in [9.17, 15) is 13.2 Å². The van der Waals surface area contributed by atoms with Crippen LogP contribution in [0.1, 0.15) is 24.1 Å². The van der Waals surface area contributed by atoms with E-state index in [1.165, 1.54) is 6.07 Å². The topological polar surface area (TPSA) is 92.5 Å². The number of nitrogens with zero attached hydrogens (tertiary/aromatic N) is 1. The van der Waals surface area contributed by atoms with E-state index in [0.29, 0.717) is 18.0 Å². The molecule has 0 saturated carbocycles. The first-order chi connectivity index (χ1) is 12.2. The number of benzene rings is 2. The molecule has 2 aromatic rings. The minimum atomic E-state index is -3.72. The number of halogens is 1. The summed E-state index contributed by atoms with van der Waals surface area (Å²) in [5, 5.41) is 8.76. The summed E-state index contributed by atoms with van der Waals surface area (Å²) < 4.78 is 22.9. The number of nitrogens with two attached hydrogens (primary N) is 1. The predicted molar refractivity (Wildman–Crippen MR) is 102 cm³/mol. The minimum absolute atomic E-state index is 0.0946. The second kappa shape index (κ2) is 7.26. The zero-order chi connectivity index (χ0) is 18.9. The van der Waals surface area contributed by atoms with E-state index in [1.54, 1.807) is 18.2 Å². The van der Waals surface area contributed by atoms with Gasteiger partial charge in [0, 0.05) is 17.3 Å². The van der Waals surface area contributed by atoms with Gasteiger partial charge in [0.1, 0.15) is 0 Å². The Bertz CT molecular complexity index is 946. The van der Waals surface area contributed by atoms with E-state index in [0.717, 1.165) is 16.8 Å². The zero-order valence-electron chi connectivity index (χ0n) is 14.3. The van der Waals surface area contributed by atoms with E-state index < -0.39 is 10.0 Å². The van der Waals surface area contributed by atoms with Crippen LogP contribution in [-0.2, 0) is 21.2 Å². The summed E-state index contributed by atoms with van der Waals surface area (Å²) in [5.74, 6) is -0.110. The van der Waals surface area contributed by atoms with Gasteiger partial charge < -0.3 is 10.2 Å². The lowest BCUT2D eigenvalue weighted by atomic mass is 10.1. The van der Waals surface area contributed by atoms with Crippen molar-refractivity contribution in [2.75, 3.05) is 18.0 Å². The smallest absolute Gasteiger partial charge is 0.239 e. The Hall–Kier alpha value is -2.09. The van der Waals surface area contributed by atoms with Crippen molar-refractivity contribution < 1.29 is 13.2 Å². The largest absolute Gasteiger partial charge is 0.362 e. The van der Waals surface area contributed by atoms with Gasteiger partial charge in [-0.15, -0.1) is 0 Å². The van der Waals surface area contributed by atoms with Crippen LogP contribution < -0.4 is 15.4 Å². The number of hydrogen-bond acceptors (Lipinski definition) is 4. The van der Waals surface area contributed by atoms with Crippen LogP contribution in [0.3, 0.4) is 0 Å². The van der Waals surface area contributed by atoms with Crippen molar-refractivity contribution in [1.82, 2.24) is 5.32 Å². The first-order valence-electron chi connectivity index (χ1n) is 8.19. The lowest BCUT2D eigenvalue weighted by Gasteiger charge is -2.21. The maximum atomic E-state index is 12.4. The summed E-state index contributed by atoms with van der Waals surface area (Å²) in [7, 11) is -3.72. The normalized spacial score (nSPS) is 14.8. The van der Waals surface area contributed by atoms with Crippen LogP contribution in [0.5, 0.6) is 0 Å². The summed E-state index contributed by atoms with van der Waals surface area (Å²) >= 11 is 5.99. The van der Waals surface area contributed by atoms with Crippen molar-refractivity contribution in [3.8, 4) is 0 Å². The fourth-order valence-corrected chi connectivity index (χ4v) is 3.87. The van der Waals surface area contributed by atoms with Gasteiger partial charge in [-0.25, -0.2) is 13.6 Å².